The Labute approximate surface area is 333 Å². The monoisotopic (exact) mass is 780 g/mol. The van der Waals surface area contributed by atoms with Crippen LogP contribution in [0.1, 0.15) is 157 Å². The molecule has 5 saturated carbocycles. The Morgan fingerprint density at radius 1 is 0.857 bits per heavy atom. The second kappa shape index (κ2) is 17.1. The number of ether oxygens (including phenoxy) is 2. The summed E-state index contributed by atoms with van der Waals surface area (Å²) in [4.78, 5) is 77.4. The van der Waals surface area contributed by atoms with Crippen LogP contribution in [0.15, 0.2) is 12.2 Å². The number of allylic oxidation sites excluding steroid dienone is 2. The molecule has 1 spiro atoms. The van der Waals surface area contributed by atoms with Gasteiger partial charge in [-0.05, 0) is 123 Å². The fraction of sp³-hybridized carbons (Fsp3) is 0.826. The first kappa shape index (κ1) is 42.6. The smallest absolute Gasteiger partial charge is 0.318 e. The summed E-state index contributed by atoms with van der Waals surface area (Å²) in [5.74, 6) is -4.13. The number of carboxylic acid groups (broad SMARTS) is 2. The molecule has 5 aliphatic carbocycles. The number of carboxylic acids is 2. The van der Waals surface area contributed by atoms with Gasteiger partial charge in [0.05, 0.1) is 29.6 Å². The van der Waals surface area contributed by atoms with Gasteiger partial charge < -0.3 is 19.7 Å². The van der Waals surface area contributed by atoms with Crippen LogP contribution < -0.4 is 0 Å². The summed E-state index contributed by atoms with van der Waals surface area (Å²) >= 11 is 0. The van der Waals surface area contributed by atoms with E-state index in [-0.39, 0.29) is 77.5 Å². The molecule has 2 N–H and O–H groups in total. The van der Waals surface area contributed by atoms with Crippen LogP contribution in [0.25, 0.3) is 0 Å². The van der Waals surface area contributed by atoms with Crippen LogP contribution in [0.2, 0.25) is 0 Å². The van der Waals surface area contributed by atoms with Crippen molar-refractivity contribution in [2.75, 3.05) is 0 Å². The maximum Gasteiger partial charge on any atom is 0.318 e. The standard InChI is InChI=1S/C46H68O10/c1-6-7-12-16-28(30-26-35(49)55-40(30)50)19-20-29(17-13-10-8-9-11-14-18-34(47)48)38-36(27(2)3)31-25-33-44(4)22-15-23-45(5,43(53)54)32(44)21-24-46(33,38)39-37(31)41(51)56-42(39)52/h12,16,27-33,36-39H,6-11,13-15,17-26H2,1-5H3,(H,47,48)(H,53,54). The van der Waals surface area contributed by atoms with Crippen molar-refractivity contribution in [1.82, 2.24) is 0 Å². The summed E-state index contributed by atoms with van der Waals surface area (Å²) in [7, 11) is 0. The Hall–Kier alpha value is -3.04. The molecule has 56 heavy (non-hydrogen) atoms. The number of aliphatic carboxylic acids is 2. The number of cyclic esters (lactones) is 4. The van der Waals surface area contributed by atoms with Gasteiger partial charge in [0.1, 0.15) is 0 Å². The van der Waals surface area contributed by atoms with E-state index in [1.807, 2.05) is 6.92 Å². The number of hydrogen-bond donors (Lipinski definition) is 2. The Morgan fingerprint density at radius 2 is 1.57 bits per heavy atom. The summed E-state index contributed by atoms with van der Waals surface area (Å²) in [5.41, 5.74) is -1.67. The largest absolute Gasteiger partial charge is 0.481 e. The highest BCUT2D eigenvalue weighted by Crippen LogP contribution is 2.79. The second-order valence-electron chi connectivity index (χ2n) is 19.7. The topological polar surface area (TPSA) is 161 Å². The van der Waals surface area contributed by atoms with Gasteiger partial charge in [-0.2, -0.15) is 0 Å². The van der Waals surface area contributed by atoms with E-state index in [0.717, 1.165) is 77.0 Å². The molecule has 2 bridgehead atoms. The first-order valence-corrected chi connectivity index (χ1v) is 22.2. The third-order valence-corrected chi connectivity index (χ3v) is 16.6. The average Bonchev–Trinajstić information content (AvgIpc) is 3.65. The Morgan fingerprint density at radius 3 is 2.21 bits per heavy atom. The molecule has 2 aliphatic heterocycles. The molecule has 0 radical (unpaired) electrons. The minimum Gasteiger partial charge on any atom is -0.481 e. The van der Waals surface area contributed by atoms with Crippen molar-refractivity contribution in [2.45, 2.75) is 157 Å². The lowest BCUT2D eigenvalue weighted by atomic mass is 9.28. The molecule has 13 atom stereocenters. The van der Waals surface area contributed by atoms with Gasteiger partial charge in [-0.25, -0.2) is 0 Å². The molecule has 0 aromatic rings. The van der Waals surface area contributed by atoms with E-state index in [4.69, 9.17) is 14.6 Å². The lowest BCUT2D eigenvalue weighted by Gasteiger charge is -2.74. The quantitative estimate of drug-likeness (QED) is 0.0560. The highest BCUT2D eigenvalue weighted by Gasteiger charge is 2.78. The zero-order valence-corrected chi connectivity index (χ0v) is 34.6. The van der Waals surface area contributed by atoms with E-state index >= 15 is 0 Å². The van der Waals surface area contributed by atoms with Crippen LogP contribution >= 0.6 is 0 Å². The minimum atomic E-state index is -0.848. The van der Waals surface area contributed by atoms with E-state index in [2.05, 4.69) is 39.8 Å². The predicted molar refractivity (Wildman–Crippen MR) is 208 cm³/mol. The Balaban J connectivity index is 1.39. The molecule has 7 fully saturated rings. The normalized spacial score (nSPS) is 38.6. The van der Waals surface area contributed by atoms with Crippen molar-refractivity contribution >= 4 is 35.8 Å². The number of fused-ring (bicyclic) bond motifs is 2. The molecule has 0 aromatic carbocycles. The number of esters is 4. The van der Waals surface area contributed by atoms with Gasteiger partial charge in [0.2, 0.25) is 0 Å². The number of carbonyl (C=O) groups excluding carboxylic acids is 4. The van der Waals surface area contributed by atoms with Crippen LogP contribution in [0.4, 0.5) is 0 Å². The van der Waals surface area contributed by atoms with Crippen molar-refractivity contribution in [3.8, 4) is 0 Å². The summed E-state index contributed by atoms with van der Waals surface area (Å²) in [6.07, 6.45) is 18.9. The lowest BCUT2D eigenvalue weighted by Crippen LogP contribution is -2.71. The van der Waals surface area contributed by atoms with Gasteiger partial charge in [0.25, 0.3) is 0 Å². The van der Waals surface area contributed by atoms with E-state index in [1.54, 1.807) is 0 Å². The summed E-state index contributed by atoms with van der Waals surface area (Å²) in [6.45, 7) is 10.9. The van der Waals surface area contributed by atoms with Gasteiger partial charge in [-0.15, -0.1) is 0 Å². The molecule has 0 amide bonds. The number of unbranched alkanes of at least 4 members (excludes halogenated alkanes) is 6. The molecule has 7 aliphatic rings. The molecular formula is C46H68O10. The van der Waals surface area contributed by atoms with E-state index < -0.39 is 52.5 Å². The van der Waals surface area contributed by atoms with Crippen LogP contribution in [0.5, 0.6) is 0 Å². The number of rotatable bonds is 19. The van der Waals surface area contributed by atoms with Crippen LogP contribution in [-0.4, -0.2) is 46.0 Å². The highest BCUT2D eigenvalue weighted by atomic mass is 16.6. The summed E-state index contributed by atoms with van der Waals surface area (Å²) < 4.78 is 10.7. The fourth-order valence-electron chi connectivity index (χ4n) is 14.5. The molecule has 2 heterocycles. The van der Waals surface area contributed by atoms with Crippen molar-refractivity contribution in [3.63, 3.8) is 0 Å². The van der Waals surface area contributed by atoms with Gasteiger partial charge in [0, 0.05) is 6.42 Å². The van der Waals surface area contributed by atoms with Gasteiger partial charge in [-0.1, -0.05) is 91.2 Å². The maximum absolute atomic E-state index is 14.2. The van der Waals surface area contributed by atoms with Crippen molar-refractivity contribution in [2.24, 2.45) is 81.3 Å². The van der Waals surface area contributed by atoms with Crippen LogP contribution in [-0.2, 0) is 38.2 Å². The minimum absolute atomic E-state index is 0.0282. The van der Waals surface area contributed by atoms with Gasteiger partial charge >= 0.3 is 35.8 Å². The Bertz CT molecular complexity index is 1550. The Kier molecular flexibility index (Phi) is 13.0. The first-order chi connectivity index (χ1) is 26.6. The second-order valence-corrected chi connectivity index (χ2v) is 19.7. The van der Waals surface area contributed by atoms with E-state index in [9.17, 15) is 33.9 Å². The molecule has 10 heteroatoms. The zero-order valence-electron chi connectivity index (χ0n) is 34.6. The number of carbonyl (C=O) groups is 6. The predicted octanol–water partition coefficient (Wildman–Crippen LogP) is 9.18. The molecule has 0 aromatic heterocycles. The van der Waals surface area contributed by atoms with Crippen molar-refractivity contribution < 1.29 is 48.5 Å². The third-order valence-electron chi connectivity index (χ3n) is 16.6. The average molecular weight is 781 g/mol. The number of hydrogen-bond acceptors (Lipinski definition) is 8. The molecule has 312 valence electrons. The van der Waals surface area contributed by atoms with Crippen LogP contribution in [0, 0.1) is 81.3 Å². The molecule has 2 saturated heterocycles. The lowest BCUT2D eigenvalue weighted by molar-refractivity contribution is -0.271. The van der Waals surface area contributed by atoms with Gasteiger partial charge in [-0.3, -0.25) is 28.8 Å². The zero-order chi connectivity index (χ0) is 40.6. The van der Waals surface area contributed by atoms with Crippen molar-refractivity contribution in [3.05, 3.63) is 12.2 Å². The van der Waals surface area contributed by atoms with Gasteiger partial charge in [0.15, 0.2) is 0 Å². The SMILES string of the molecule is CCCC=CC(CCC(CCCCCCCCC(=O)O)C1C(C(C)C)C2CC3C4(C)CCCC(C)(C(=O)O)C4CCC13C1C(=O)OC(=O)C21)C1CC(=O)OC1=O. The molecular weight excluding hydrogens is 712 g/mol. The first-order valence-electron chi connectivity index (χ1n) is 22.2. The third kappa shape index (κ3) is 7.53. The molecule has 13 unspecified atom stereocenters. The van der Waals surface area contributed by atoms with E-state index in [1.165, 1.54) is 0 Å². The van der Waals surface area contributed by atoms with E-state index in [0.29, 0.717) is 32.1 Å². The fourth-order valence-corrected chi connectivity index (χ4v) is 14.5. The molecule has 10 nitrogen and oxygen atoms in total. The van der Waals surface area contributed by atoms with Crippen LogP contribution in [0.3, 0.4) is 0 Å². The van der Waals surface area contributed by atoms with Crippen molar-refractivity contribution in [1.29, 1.82) is 0 Å². The summed E-state index contributed by atoms with van der Waals surface area (Å²) in [5, 5.41) is 19.8. The molecule has 7 rings (SSSR count). The maximum atomic E-state index is 14.2. The highest BCUT2D eigenvalue weighted by molar-refractivity contribution is 5.98. The summed E-state index contributed by atoms with van der Waals surface area (Å²) in [6, 6.07) is 0.